The molecule has 26 heavy (non-hydrogen) atoms. The number of nitrogens with one attached hydrogen (secondary N) is 2. The van der Waals surface area contributed by atoms with Crippen molar-refractivity contribution in [2.45, 2.75) is 25.8 Å². The topological polar surface area (TPSA) is 113 Å². The summed E-state index contributed by atoms with van der Waals surface area (Å²) in [7, 11) is 0. The van der Waals surface area contributed by atoms with Gasteiger partial charge in [0, 0.05) is 45.0 Å². The van der Waals surface area contributed by atoms with Gasteiger partial charge in [-0.3, -0.25) is 14.6 Å². The number of aromatic amines is 1. The van der Waals surface area contributed by atoms with Gasteiger partial charge in [0.05, 0.1) is 5.92 Å². The monoisotopic (exact) mass is 359 g/mol. The molecule has 0 saturated carbocycles. The molecule has 2 unspecified atom stereocenters. The summed E-state index contributed by atoms with van der Waals surface area (Å²) in [5, 5.41) is 3.03. The van der Waals surface area contributed by atoms with Crippen molar-refractivity contribution in [2.24, 2.45) is 11.8 Å². The van der Waals surface area contributed by atoms with Crippen LogP contribution < -0.4 is 11.1 Å². The van der Waals surface area contributed by atoms with Gasteiger partial charge in [0.1, 0.15) is 17.8 Å². The summed E-state index contributed by atoms with van der Waals surface area (Å²) in [6, 6.07) is 0. The Morgan fingerprint density at radius 2 is 2.23 bits per heavy atom. The summed E-state index contributed by atoms with van der Waals surface area (Å²) >= 11 is 0. The standard InChI is InChI=1S/C17H21N5O4/c23-15(12-1-2-14-18-4-6-21(14)9-12)19-7-11-3-5-22(8-11)16(24)13-10-26-17(25)20-13/h4,6,10-12H,1-3,5,7-9H2,(H,19,23)(H,20,25). The molecule has 2 atom stereocenters. The molecule has 0 radical (unpaired) electrons. The highest BCUT2D eigenvalue weighted by Gasteiger charge is 2.30. The lowest BCUT2D eigenvalue weighted by molar-refractivity contribution is -0.126. The molecule has 0 bridgehead atoms. The molecule has 4 heterocycles. The summed E-state index contributed by atoms with van der Waals surface area (Å²) in [5.41, 5.74) is 0.165. The normalized spacial score (nSPS) is 22.2. The molecule has 9 nitrogen and oxygen atoms in total. The Bertz CT molecular complexity index is 866. The van der Waals surface area contributed by atoms with E-state index in [0.717, 1.165) is 31.4 Å². The van der Waals surface area contributed by atoms with Gasteiger partial charge >= 0.3 is 5.76 Å². The van der Waals surface area contributed by atoms with E-state index in [4.69, 9.17) is 0 Å². The molecule has 9 heteroatoms. The van der Waals surface area contributed by atoms with Crippen LogP contribution in [-0.2, 0) is 17.8 Å². The van der Waals surface area contributed by atoms with Gasteiger partial charge in [-0.2, -0.15) is 0 Å². The largest absolute Gasteiger partial charge is 0.416 e. The lowest BCUT2D eigenvalue weighted by atomic mass is 9.98. The molecule has 0 spiro atoms. The number of hydrogen-bond donors (Lipinski definition) is 2. The molecule has 2 aliphatic rings. The summed E-state index contributed by atoms with van der Waals surface area (Å²) < 4.78 is 6.65. The van der Waals surface area contributed by atoms with Crippen molar-refractivity contribution in [2.75, 3.05) is 19.6 Å². The number of imidazole rings is 1. The Balaban J connectivity index is 1.26. The predicted molar refractivity (Wildman–Crippen MR) is 90.4 cm³/mol. The summed E-state index contributed by atoms with van der Waals surface area (Å²) in [6.45, 7) is 2.39. The van der Waals surface area contributed by atoms with Crippen LogP contribution in [0.4, 0.5) is 0 Å². The number of carbonyl (C=O) groups is 2. The number of rotatable bonds is 4. The van der Waals surface area contributed by atoms with Crippen LogP contribution in [-0.4, -0.2) is 50.9 Å². The van der Waals surface area contributed by atoms with Crippen LogP contribution in [0.1, 0.15) is 29.2 Å². The van der Waals surface area contributed by atoms with Gasteiger partial charge in [0.25, 0.3) is 5.91 Å². The maximum absolute atomic E-state index is 12.4. The predicted octanol–water partition coefficient (Wildman–Crippen LogP) is 0.00530. The van der Waals surface area contributed by atoms with Crippen LogP contribution in [0, 0.1) is 11.8 Å². The quantitative estimate of drug-likeness (QED) is 0.798. The molecule has 0 aromatic carbocycles. The average Bonchev–Trinajstić information content (AvgIpc) is 3.38. The SMILES string of the molecule is O=C(NCC1CCN(C(=O)c2coc(=O)[nH]2)C1)C1CCc2nccn2C1. The summed E-state index contributed by atoms with van der Waals surface area (Å²) in [5.74, 6) is 0.403. The summed E-state index contributed by atoms with van der Waals surface area (Å²) in [6.07, 6.45) is 7.28. The fourth-order valence-electron chi connectivity index (χ4n) is 3.71. The van der Waals surface area contributed by atoms with Gasteiger partial charge in [-0.25, -0.2) is 9.78 Å². The van der Waals surface area contributed by atoms with Crippen molar-refractivity contribution in [1.29, 1.82) is 0 Å². The zero-order chi connectivity index (χ0) is 18.1. The average molecular weight is 359 g/mol. The minimum atomic E-state index is -0.634. The highest BCUT2D eigenvalue weighted by atomic mass is 16.4. The number of hydrogen-bond acceptors (Lipinski definition) is 5. The van der Waals surface area contributed by atoms with Crippen LogP contribution in [0.25, 0.3) is 0 Å². The Morgan fingerprint density at radius 1 is 1.35 bits per heavy atom. The van der Waals surface area contributed by atoms with E-state index in [1.165, 1.54) is 0 Å². The second-order valence-corrected chi connectivity index (χ2v) is 6.94. The van der Waals surface area contributed by atoms with E-state index in [-0.39, 0.29) is 29.3 Å². The van der Waals surface area contributed by atoms with Crippen LogP contribution in [0.5, 0.6) is 0 Å². The molecular formula is C17H21N5O4. The van der Waals surface area contributed by atoms with Gasteiger partial charge in [-0.1, -0.05) is 0 Å². The maximum atomic E-state index is 12.4. The number of oxazole rings is 1. The number of aromatic nitrogens is 3. The Kier molecular flexibility index (Phi) is 4.36. The number of nitrogens with zero attached hydrogens (tertiary/aromatic N) is 3. The van der Waals surface area contributed by atoms with Crippen LogP contribution in [0.2, 0.25) is 0 Å². The highest BCUT2D eigenvalue weighted by Crippen LogP contribution is 2.20. The van der Waals surface area contributed by atoms with E-state index in [1.54, 1.807) is 11.1 Å². The Morgan fingerprint density at radius 3 is 3.04 bits per heavy atom. The molecular weight excluding hydrogens is 338 g/mol. The van der Waals surface area contributed by atoms with E-state index in [0.29, 0.717) is 26.2 Å². The van der Waals surface area contributed by atoms with E-state index in [1.807, 2.05) is 10.8 Å². The van der Waals surface area contributed by atoms with E-state index < -0.39 is 5.76 Å². The van der Waals surface area contributed by atoms with Crippen molar-refractivity contribution in [3.63, 3.8) is 0 Å². The van der Waals surface area contributed by atoms with Gasteiger partial charge in [0.2, 0.25) is 5.91 Å². The minimum absolute atomic E-state index is 0.0353. The van der Waals surface area contributed by atoms with E-state index >= 15 is 0 Å². The zero-order valence-corrected chi connectivity index (χ0v) is 14.3. The first-order valence-electron chi connectivity index (χ1n) is 8.85. The third-order valence-corrected chi connectivity index (χ3v) is 5.19. The van der Waals surface area contributed by atoms with Crippen LogP contribution in [0.3, 0.4) is 0 Å². The first-order valence-corrected chi connectivity index (χ1v) is 8.85. The Hall–Kier alpha value is -2.84. The first kappa shape index (κ1) is 16.6. The van der Waals surface area contributed by atoms with Crippen LogP contribution >= 0.6 is 0 Å². The fraction of sp³-hybridized carbons (Fsp3) is 0.529. The lowest BCUT2D eigenvalue weighted by Crippen LogP contribution is -2.39. The summed E-state index contributed by atoms with van der Waals surface area (Å²) in [4.78, 5) is 44.1. The molecule has 138 valence electrons. The first-order chi connectivity index (χ1) is 12.6. The van der Waals surface area contributed by atoms with Crippen LogP contribution in [0.15, 0.2) is 27.9 Å². The van der Waals surface area contributed by atoms with Crippen molar-refractivity contribution in [1.82, 2.24) is 24.8 Å². The number of amides is 2. The molecule has 1 fully saturated rings. The van der Waals surface area contributed by atoms with Gasteiger partial charge in [-0.15, -0.1) is 0 Å². The molecule has 0 aliphatic carbocycles. The number of H-pyrrole nitrogens is 1. The third-order valence-electron chi connectivity index (χ3n) is 5.19. The molecule has 2 aromatic heterocycles. The molecule has 1 saturated heterocycles. The lowest BCUT2D eigenvalue weighted by Gasteiger charge is -2.23. The molecule has 2 N–H and O–H groups in total. The number of likely N-dealkylation sites (tertiary alicyclic amines) is 1. The molecule has 4 rings (SSSR count). The highest BCUT2D eigenvalue weighted by molar-refractivity contribution is 5.92. The van der Waals surface area contributed by atoms with Crippen molar-refractivity contribution >= 4 is 11.8 Å². The number of fused-ring (bicyclic) bond motifs is 1. The van der Waals surface area contributed by atoms with E-state index in [9.17, 15) is 14.4 Å². The zero-order valence-electron chi connectivity index (χ0n) is 14.3. The second-order valence-electron chi connectivity index (χ2n) is 6.94. The van der Waals surface area contributed by atoms with Gasteiger partial charge in [-0.05, 0) is 18.8 Å². The smallest absolute Gasteiger partial charge is 0.416 e. The fourth-order valence-corrected chi connectivity index (χ4v) is 3.71. The second kappa shape index (κ2) is 6.81. The number of carbonyl (C=O) groups excluding carboxylic acids is 2. The minimum Gasteiger partial charge on any atom is -0.416 e. The molecule has 2 aliphatic heterocycles. The van der Waals surface area contributed by atoms with Gasteiger partial charge < -0.3 is 19.2 Å². The number of aryl methyl sites for hydroxylation is 1. The Labute approximate surface area is 149 Å². The molecule has 2 aromatic rings. The maximum Gasteiger partial charge on any atom is 0.416 e. The van der Waals surface area contributed by atoms with Crippen molar-refractivity contribution < 1.29 is 14.0 Å². The van der Waals surface area contributed by atoms with E-state index in [2.05, 4.69) is 19.7 Å². The van der Waals surface area contributed by atoms with Crippen molar-refractivity contribution in [3.8, 4) is 0 Å². The van der Waals surface area contributed by atoms with Crippen molar-refractivity contribution in [3.05, 3.63) is 40.7 Å². The third kappa shape index (κ3) is 3.29. The molecule has 2 amide bonds. The van der Waals surface area contributed by atoms with Gasteiger partial charge in [0.15, 0.2) is 0 Å².